The van der Waals surface area contributed by atoms with Crippen molar-refractivity contribution >= 4 is 23.5 Å². The summed E-state index contributed by atoms with van der Waals surface area (Å²) in [6.45, 7) is 7.62. The smallest absolute Gasteiger partial charge is 0.414 e. The average molecular weight is 360 g/mol. The highest BCUT2D eigenvalue weighted by atomic mass is 35.5. The number of carboxylic acid groups (broad SMARTS) is 2. The molecule has 1 aliphatic heterocycles. The van der Waals surface area contributed by atoms with Crippen molar-refractivity contribution in [1.29, 1.82) is 0 Å². The van der Waals surface area contributed by atoms with E-state index in [4.69, 9.17) is 40.9 Å². The van der Waals surface area contributed by atoms with Gasteiger partial charge in [0.15, 0.2) is 0 Å². The number of nitrogens with zero attached hydrogens (tertiary/aromatic N) is 1. The Balaban J connectivity index is 0.000000413. The summed E-state index contributed by atoms with van der Waals surface area (Å²) in [4.78, 5) is 20.6. The summed E-state index contributed by atoms with van der Waals surface area (Å²) >= 11 is 5.97. The van der Waals surface area contributed by atoms with Crippen LogP contribution in [0.5, 0.6) is 5.75 Å². The van der Waals surface area contributed by atoms with Gasteiger partial charge in [-0.1, -0.05) is 11.6 Å². The third-order valence-electron chi connectivity index (χ3n) is 3.30. The largest absolute Gasteiger partial charge is 0.494 e. The molecule has 1 heterocycles. The number of aliphatic carboxylic acids is 2. The highest BCUT2D eigenvalue weighted by Crippen LogP contribution is 2.21. The molecule has 24 heavy (non-hydrogen) atoms. The second kappa shape index (κ2) is 10.9. The van der Waals surface area contributed by atoms with E-state index >= 15 is 0 Å². The number of hydrogen-bond acceptors (Lipinski definition) is 5. The lowest BCUT2D eigenvalue weighted by Crippen LogP contribution is -2.37. The van der Waals surface area contributed by atoms with Crippen LogP contribution in [-0.4, -0.2) is 66.5 Å². The fraction of sp³-hybridized carbons (Fsp3) is 0.500. The van der Waals surface area contributed by atoms with Gasteiger partial charge < -0.3 is 19.7 Å². The third-order valence-corrected chi connectivity index (χ3v) is 3.73. The molecular formula is C16H22ClNO6. The first-order chi connectivity index (χ1) is 11.4. The van der Waals surface area contributed by atoms with E-state index in [1.54, 1.807) is 0 Å². The first-order valence-corrected chi connectivity index (χ1v) is 7.93. The van der Waals surface area contributed by atoms with E-state index in [9.17, 15) is 0 Å². The number of halogens is 1. The van der Waals surface area contributed by atoms with Gasteiger partial charge in [-0.3, -0.25) is 4.90 Å². The molecule has 0 atom stereocenters. The van der Waals surface area contributed by atoms with Gasteiger partial charge >= 0.3 is 11.9 Å². The van der Waals surface area contributed by atoms with Crippen molar-refractivity contribution in [3.05, 3.63) is 28.8 Å². The Bertz CT molecular complexity index is 533. The molecule has 0 aromatic heterocycles. The van der Waals surface area contributed by atoms with E-state index in [0.717, 1.165) is 62.2 Å². The van der Waals surface area contributed by atoms with Crippen LogP contribution in [0.2, 0.25) is 5.02 Å². The zero-order chi connectivity index (χ0) is 17.9. The van der Waals surface area contributed by atoms with Crippen molar-refractivity contribution in [3.63, 3.8) is 0 Å². The summed E-state index contributed by atoms with van der Waals surface area (Å²) in [6.07, 6.45) is 1.04. The zero-order valence-electron chi connectivity index (χ0n) is 13.5. The van der Waals surface area contributed by atoms with Crippen molar-refractivity contribution in [2.75, 3.05) is 39.5 Å². The second-order valence-corrected chi connectivity index (χ2v) is 5.58. The molecule has 0 radical (unpaired) electrons. The number of carboxylic acids is 2. The topological polar surface area (TPSA) is 96.3 Å². The number of ether oxygens (including phenoxy) is 2. The minimum absolute atomic E-state index is 0.748. The van der Waals surface area contributed by atoms with Crippen LogP contribution in [0.3, 0.4) is 0 Å². The number of aryl methyl sites for hydroxylation is 1. The molecule has 2 N–H and O–H groups in total. The Labute approximate surface area is 145 Å². The number of hydrogen-bond donors (Lipinski definition) is 2. The molecule has 1 aliphatic rings. The Morgan fingerprint density at radius 2 is 1.88 bits per heavy atom. The van der Waals surface area contributed by atoms with Gasteiger partial charge in [0.2, 0.25) is 0 Å². The quantitative estimate of drug-likeness (QED) is 0.612. The van der Waals surface area contributed by atoms with E-state index in [0.29, 0.717) is 0 Å². The number of morpholine rings is 1. The Morgan fingerprint density at radius 1 is 1.25 bits per heavy atom. The van der Waals surface area contributed by atoms with Gasteiger partial charge in [-0.25, -0.2) is 9.59 Å². The number of benzene rings is 1. The standard InChI is InChI=1S/C14H20ClNO2.C2H2O4/c1-12-11-13(3-4-14(12)15)18-8-2-5-16-6-9-17-10-7-16;3-1(4)2(5)6/h3-4,11H,2,5-10H2,1H3;(H,3,4)(H,5,6). The second-order valence-electron chi connectivity index (χ2n) is 5.18. The molecule has 2 rings (SSSR count). The van der Waals surface area contributed by atoms with Crippen LogP contribution < -0.4 is 4.74 Å². The molecule has 1 saturated heterocycles. The molecule has 1 aromatic carbocycles. The van der Waals surface area contributed by atoms with E-state index in [1.165, 1.54) is 0 Å². The summed E-state index contributed by atoms with van der Waals surface area (Å²) in [5.41, 5.74) is 1.06. The summed E-state index contributed by atoms with van der Waals surface area (Å²) in [5.74, 6) is -2.75. The van der Waals surface area contributed by atoms with Gasteiger partial charge in [0, 0.05) is 24.7 Å². The van der Waals surface area contributed by atoms with Gasteiger partial charge in [0.1, 0.15) is 5.75 Å². The molecule has 134 valence electrons. The van der Waals surface area contributed by atoms with Crippen molar-refractivity contribution in [3.8, 4) is 5.75 Å². The zero-order valence-corrected chi connectivity index (χ0v) is 14.3. The van der Waals surface area contributed by atoms with Crippen LogP contribution in [-0.2, 0) is 14.3 Å². The van der Waals surface area contributed by atoms with Crippen molar-refractivity contribution in [2.45, 2.75) is 13.3 Å². The summed E-state index contributed by atoms with van der Waals surface area (Å²) in [6, 6.07) is 5.79. The summed E-state index contributed by atoms with van der Waals surface area (Å²) < 4.78 is 11.0. The normalized spacial score (nSPS) is 14.4. The lowest BCUT2D eigenvalue weighted by molar-refractivity contribution is -0.159. The first kappa shape index (κ1) is 20.2. The molecule has 1 aromatic rings. The predicted molar refractivity (Wildman–Crippen MR) is 88.8 cm³/mol. The lowest BCUT2D eigenvalue weighted by Gasteiger charge is -2.26. The van der Waals surface area contributed by atoms with Crippen molar-refractivity contribution in [2.24, 2.45) is 0 Å². The van der Waals surface area contributed by atoms with Crippen LogP contribution in [0, 0.1) is 6.92 Å². The van der Waals surface area contributed by atoms with Gasteiger partial charge in [-0.2, -0.15) is 0 Å². The number of carbonyl (C=O) groups is 2. The minimum atomic E-state index is -1.82. The number of rotatable bonds is 5. The third kappa shape index (κ3) is 8.14. The highest BCUT2D eigenvalue weighted by Gasteiger charge is 2.09. The van der Waals surface area contributed by atoms with Crippen LogP contribution in [0.25, 0.3) is 0 Å². The van der Waals surface area contributed by atoms with Crippen LogP contribution in [0.15, 0.2) is 18.2 Å². The van der Waals surface area contributed by atoms with Crippen molar-refractivity contribution in [1.82, 2.24) is 4.90 Å². The molecule has 0 spiro atoms. The molecule has 0 aliphatic carbocycles. The lowest BCUT2D eigenvalue weighted by atomic mass is 10.2. The molecule has 1 fully saturated rings. The summed E-state index contributed by atoms with van der Waals surface area (Å²) in [7, 11) is 0. The van der Waals surface area contributed by atoms with Gasteiger partial charge in [0.05, 0.1) is 19.8 Å². The minimum Gasteiger partial charge on any atom is -0.494 e. The fourth-order valence-corrected chi connectivity index (χ4v) is 2.13. The fourth-order valence-electron chi connectivity index (χ4n) is 2.01. The van der Waals surface area contributed by atoms with Crippen LogP contribution >= 0.6 is 11.6 Å². The van der Waals surface area contributed by atoms with Gasteiger partial charge in [0.25, 0.3) is 0 Å². The van der Waals surface area contributed by atoms with E-state index in [1.807, 2.05) is 25.1 Å². The monoisotopic (exact) mass is 359 g/mol. The maximum Gasteiger partial charge on any atom is 0.414 e. The first-order valence-electron chi connectivity index (χ1n) is 7.55. The van der Waals surface area contributed by atoms with Gasteiger partial charge in [-0.05, 0) is 37.1 Å². The molecule has 8 heteroatoms. The van der Waals surface area contributed by atoms with Crippen molar-refractivity contribution < 1.29 is 29.3 Å². The van der Waals surface area contributed by atoms with E-state index < -0.39 is 11.9 Å². The Morgan fingerprint density at radius 3 is 2.42 bits per heavy atom. The Kier molecular flexibility index (Phi) is 9.14. The molecule has 0 unspecified atom stereocenters. The SMILES string of the molecule is Cc1cc(OCCCN2CCOCC2)ccc1Cl.O=C(O)C(=O)O. The predicted octanol–water partition coefficient (Wildman–Crippen LogP) is 1.91. The Hall–Kier alpha value is -1.83. The average Bonchev–Trinajstić information content (AvgIpc) is 2.56. The molecule has 0 amide bonds. The molecule has 0 saturated carbocycles. The highest BCUT2D eigenvalue weighted by molar-refractivity contribution is 6.31. The van der Waals surface area contributed by atoms with Crippen LogP contribution in [0.1, 0.15) is 12.0 Å². The van der Waals surface area contributed by atoms with E-state index in [2.05, 4.69) is 4.90 Å². The molecular weight excluding hydrogens is 338 g/mol. The maximum atomic E-state index is 9.10. The maximum absolute atomic E-state index is 9.10. The summed E-state index contributed by atoms with van der Waals surface area (Å²) in [5, 5.41) is 15.6. The van der Waals surface area contributed by atoms with Gasteiger partial charge in [-0.15, -0.1) is 0 Å². The van der Waals surface area contributed by atoms with Crippen LogP contribution in [0.4, 0.5) is 0 Å². The molecule has 0 bridgehead atoms. The van der Waals surface area contributed by atoms with E-state index in [-0.39, 0.29) is 0 Å². The molecule has 7 nitrogen and oxygen atoms in total.